The van der Waals surface area contributed by atoms with Gasteiger partial charge in [0, 0.05) is 17.7 Å². The second-order valence-electron chi connectivity index (χ2n) is 4.98. The Kier molecular flexibility index (Phi) is 6.71. The number of amides is 1. The highest BCUT2D eigenvalue weighted by atomic mass is 35.5. The molecule has 0 aliphatic heterocycles. The molecule has 0 aliphatic carbocycles. The predicted molar refractivity (Wildman–Crippen MR) is 99.8 cm³/mol. The normalized spacial score (nSPS) is 10.6. The van der Waals surface area contributed by atoms with Gasteiger partial charge in [0.15, 0.2) is 0 Å². The van der Waals surface area contributed by atoms with Crippen molar-refractivity contribution in [3.05, 3.63) is 53.1 Å². The van der Waals surface area contributed by atoms with Gasteiger partial charge in [-0.15, -0.1) is 0 Å². The van der Waals surface area contributed by atoms with Crippen molar-refractivity contribution in [1.29, 1.82) is 0 Å². The number of halogens is 1. The van der Waals surface area contributed by atoms with Crippen molar-refractivity contribution in [2.75, 3.05) is 26.1 Å². The minimum atomic E-state index is -0.314. The first-order valence-electron chi connectivity index (χ1n) is 7.71. The van der Waals surface area contributed by atoms with Crippen LogP contribution >= 0.6 is 11.6 Å². The number of anilines is 1. The maximum Gasteiger partial charge on any atom is 0.248 e. The van der Waals surface area contributed by atoms with Crippen molar-refractivity contribution in [2.24, 2.45) is 0 Å². The highest BCUT2D eigenvalue weighted by Crippen LogP contribution is 2.35. The molecule has 0 saturated carbocycles. The van der Waals surface area contributed by atoms with E-state index in [4.69, 9.17) is 25.8 Å². The molecule has 0 aliphatic rings. The van der Waals surface area contributed by atoms with E-state index >= 15 is 0 Å². The quantitative estimate of drug-likeness (QED) is 0.742. The summed E-state index contributed by atoms with van der Waals surface area (Å²) >= 11 is 6.10. The van der Waals surface area contributed by atoms with Crippen LogP contribution in [0.4, 0.5) is 5.69 Å². The molecule has 2 aromatic rings. The highest BCUT2D eigenvalue weighted by molar-refractivity contribution is 6.32. The first kappa shape index (κ1) is 18.7. The zero-order valence-electron chi connectivity index (χ0n) is 14.3. The number of carbonyl (C=O) groups excluding carboxylic acids is 1. The van der Waals surface area contributed by atoms with Gasteiger partial charge in [-0.05, 0) is 25.1 Å². The van der Waals surface area contributed by atoms with E-state index in [9.17, 15) is 4.79 Å². The van der Waals surface area contributed by atoms with Gasteiger partial charge in [-0.3, -0.25) is 4.79 Å². The molecular formula is C19H20ClNO4. The number of hydrogen-bond acceptors (Lipinski definition) is 4. The lowest BCUT2D eigenvalue weighted by Crippen LogP contribution is -2.09. The Labute approximate surface area is 152 Å². The summed E-state index contributed by atoms with van der Waals surface area (Å²) in [6, 6.07) is 10.7. The molecule has 1 N–H and O–H groups in total. The van der Waals surface area contributed by atoms with Crippen molar-refractivity contribution in [3.8, 4) is 17.2 Å². The molecule has 132 valence electrons. The van der Waals surface area contributed by atoms with Crippen LogP contribution in [0.25, 0.3) is 6.08 Å². The minimum absolute atomic E-state index is 0.314. The second kappa shape index (κ2) is 8.99. The Morgan fingerprint density at radius 3 is 2.52 bits per heavy atom. The molecule has 0 saturated heterocycles. The van der Waals surface area contributed by atoms with Crippen LogP contribution in [0.2, 0.25) is 5.02 Å². The summed E-state index contributed by atoms with van der Waals surface area (Å²) in [7, 11) is 3.02. The van der Waals surface area contributed by atoms with Crippen LogP contribution in [0.15, 0.2) is 42.5 Å². The predicted octanol–water partition coefficient (Wildman–Crippen LogP) is 4.41. The SMILES string of the molecule is CCOc1ccccc1/C=C/C(=O)Nc1cc(Cl)c(OC)cc1OC. The largest absolute Gasteiger partial charge is 0.495 e. The molecule has 5 nitrogen and oxygen atoms in total. The first-order chi connectivity index (χ1) is 12.1. The Morgan fingerprint density at radius 2 is 1.84 bits per heavy atom. The maximum absolute atomic E-state index is 12.2. The monoisotopic (exact) mass is 361 g/mol. The number of ether oxygens (including phenoxy) is 3. The van der Waals surface area contributed by atoms with Crippen LogP contribution in [0.5, 0.6) is 17.2 Å². The number of benzene rings is 2. The van der Waals surface area contributed by atoms with Gasteiger partial charge in [-0.1, -0.05) is 29.8 Å². The fourth-order valence-corrected chi connectivity index (χ4v) is 2.44. The fraction of sp³-hybridized carbons (Fsp3) is 0.211. The summed E-state index contributed by atoms with van der Waals surface area (Å²) in [5, 5.41) is 3.12. The third-order valence-corrected chi connectivity index (χ3v) is 3.66. The number of rotatable bonds is 7. The molecule has 0 fully saturated rings. The highest BCUT2D eigenvalue weighted by Gasteiger charge is 2.11. The summed E-state index contributed by atoms with van der Waals surface area (Å²) in [4.78, 5) is 12.2. The van der Waals surface area contributed by atoms with E-state index < -0.39 is 0 Å². The van der Waals surface area contributed by atoms with Crippen LogP contribution in [0.1, 0.15) is 12.5 Å². The summed E-state index contributed by atoms with van der Waals surface area (Å²) in [5.41, 5.74) is 1.28. The van der Waals surface area contributed by atoms with Crippen LogP contribution in [0, 0.1) is 0 Å². The van der Waals surface area contributed by atoms with E-state index in [1.165, 1.54) is 20.3 Å². The Bertz CT molecular complexity index is 774. The van der Waals surface area contributed by atoms with Crippen molar-refractivity contribution in [2.45, 2.75) is 6.92 Å². The summed E-state index contributed by atoms with van der Waals surface area (Å²) < 4.78 is 15.9. The van der Waals surface area contributed by atoms with Gasteiger partial charge < -0.3 is 19.5 Å². The molecular weight excluding hydrogens is 342 g/mol. The average Bonchev–Trinajstić information content (AvgIpc) is 2.61. The van der Waals surface area contributed by atoms with Crippen molar-refractivity contribution in [3.63, 3.8) is 0 Å². The van der Waals surface area contributed by atoms with Gasteiger partial charge in [0.05, 0.1) is 31.5 Å². The molecule has 0 aromatic heterocycles. The zero-order valence-corrected chi connectivity index (χ0v) is 15.1. The smallest absolute Gasteiger partial charge is 0.248 e. The molecule has 0 spiro atoms. The molecule has 0 bridgehead atoms. The first-order valence-corrected chi connectivity index (χ1v) is 8.09. The Hall–Kier alpha value is -2.66. The van der Waals surface area contributed by atoms with Crippen molar-refractivity contribution < 1.29 is 19.0 Å². The van der Waals surface area contributed by atoms with E-state index in [0.717, 1.165) is 11.3 Å². The molecule has 0 atom stereocenters. The lowest BCUT2D eigenvalue weighted by atomic mass is 10.2. The van der Waals surface area contributed by atoms with Crippen LogP contribution in [-0.2, 0) is 4.79 Å². The van der Waals surface area contributed by atoms with Crippen molar-refractivity contribution in [1.82, 2.24) is 0 Å². The van der Waals surface area contributed by atoms with Crippen LogP contribution in [-0.4, -0.2) is 26.7 Å². The maximum atomic E-state index is 12.2. The number of methoxy groups -OCH3 is 2. The summed E-state index contributed by atoms with van der Waals surface area (Å²) in [5.74, 6) is 1.33. The molecule has 2 aromatic carbocycles. The number of para-hydroxylation sites is 1. The molecule has 0 heterocycles. The number of hydrogen-bond donors (Lipinski definition) is 1. The number of nitrogens with one attached hydrogen (secondary N) is 1. The van der Waals surface area contributed by atoms with Crippen LogP contribution in [0.3, 0.4) is 0 Å². The lowest BCUT2D eigenvalue weighted by Gasteiger charge is -2.12. The second-order valence-corrected chi connectivity index (χ2v) is 5.39. The topological polar surface area (TPSA) is 56.8 Å². The fourth-order valence-electron chi connectivity index (χ4n) is 2.20. The van der Waals surface area contributed by atoms with Gasteiger partial charge in [0.1, 0.15) is 17.2 Å². The van der Waals surface area contributed by atoms with Gasteiger partial charge in [0.25, 0.3) is 0 Å². The molecule has 6 heteroatoms. The summed E-state index contributed by atoms with van der Waals surface area (Å²) in [6.07, 6.45) is 3.12. The minimum Gasteiger partial charge on any atom is -0.495 e. The van der Waals surface area contributed by atoms with Crippen molar-refractivity contribution >= 4 is 29.3 Å². The van der Waals surface area contributed by atoms with Gasteiger partial charge in [-0.2, -0.15) is 0 Å². The summed E-state index contributed by atoms with van der Waals surface area (Å²) in [6.45, 7) is 2.46. The van der Waals surface area contributed by atoms with E-state index in [2.05, 4.69) is 5.32 Å². The van der Waals surface area contributed by atoms with Gasteiger partial charge in [0.2, 0.25) is 5.91 Å². The Balaban J connectivity index is 2.17. The third-order valence-electron chi connectivity index (χ3n) is 3.36. The standard InChI is InChI=1S/C19H20ClNO4/c1-4-25-16-8-6-5-7-13(16)9-10-19(22)21-15-11-14(20)17(23-2)12-18(15)24-3/h5-12H,4H2,1-3H3,(H,21,22)/b10-9+. The molecule has 25 heavy (non-hydrogen) atoms. The number of carbonyl (C=O) groups is 1. The van der Waals surface area contributed by atoms with E-state index in [1.807, 2.05) is 31.2 Å². The van der Waals surface area contributed by atoms with E-state index in [-0.39, 0.29) is 5.91 Å². The molecule has 1 amide bonds. The molecule has 0 unspecified atom stereocenters. The zero-order chi connectivity index (χ0) is 18.2. The van der Waals surface area contributed by atoms with E-state index in [1.54, 1.807) is 18.2 Å². The van der Waals surface area contributed by atoms with Gasteiger partial charge in [-0.25, -0.2) is 0 Å². The molecule has 0 radical (unpaired) electrons. The van der Waals surface area contributed by atoms with Crippen LogP contribution < -0.4 is 19.5 Å². The van der Waals surface area contributed by atoms with Gasteiger partial charge >= 0.3 is 0 Å². The average molecular weight is 362 g/mol. The van der Waals surface area contributed by atoms with E-state index in [0.29, 0.717) is 28.8 Å². The Morgan fingerprint density at radius 1 is 1.12 bits per heavy atom. The molecule has 2 rings (SSSR count). The lowest BCUT2D eigenvalue weighted by molar-refractivity contribution is -0.111. The third kappa shape index (κ3) is 4.90.